The first-order valence-electron chi connectivity index (χ1n) is 9.70. The SMILES string of the molecule is O=C(Cc1ccc(-n2ccnc2)cc1)N1CCC(C2CC2)C1c1n[nH]c(=O)[nH]1. The number of hydrogen-bond donors (Lipinski definition) is 2. The fraction of sp³-hybridized carbons (Fsp3) is 0.400. The van der Waals surface area contributed by atoms with Gasteiger partial charge in [-0.25, -0.2) is 14.9 Å². The summed E-state index contributed by atoms with van der Waals surface area (Å²) in [6, 6.07) is 7.80. The van der Waals surface area contributed by atoms with Crippen LogP contribution in [0.3, 0.4) is 0 Å². The lowest BCUT2D eigenvalue weighted by Crippen LogP contribution is -2.34. The van der Waals surface area contributed by atoms with Gasteiger partial charge in [0.1, 0.15) is 0 Å². The van der Waals surface area contributed by atoms with Gasteiger partial charge in [0, 0.05) is 24.6 Å². The van der Waals surface area contributed by atoms with Crippen LogP contribution in [-0.4, -0.2) is 42.1 Å². The van der Waals surface area contributed by atoms with Crippen LogP contribution in [0.15, 0.2) is 47.8 Å². The predicted molar refractivity (Wildman–Crippen MR) is 102 cm³/mol. The van der Waals surface area contributed by atoms with Crippen LogP contribution in [0.25, 0.3) is 5.69 Å². The number of benzene rings is 1. The average molecular weight is 378 g/mol. The maximum atomic E-state index is 13.1. The third-order valence-electron chi connectivity index (χ3n) is 5.89. The van der Waals surface area contributed by atoms with E-state index in [1.165, 1.54) is 12.8 Å². The number of carbonyl (C=O) groups excluding carboxylic acids is 1. The summed E-state index contributed by atoms with van der Waals surface area (Å²) in [7, 11) is 0. The van der Waals surface area contributed by atoms with Crippen molar-refractivity contribution in [3.8, 4) is 5.69 Å². The number of likely N-dealkylation sites (tertiary alicyclic amines) is 1. The van der Waals surface area contributed by atoms with Crippen molar-refractivity contribution in [2.24, 2.45) is 11.8 Å². The standard InChI is InChI=1S/C20H22N6O2/c27-17(11-13-1-5-15(6-2-13)25-10-8-21-12-25)26-9-7-16(14-3-4-14)18(26)19-22-20(28)24-23-19/h1-2,5-6,8,10,12,14,16,18H,3-4,7,9,11H2,(H2,22,23,24,28). The van der Waals surface area contributed by atoms with Crippen LogP contribution >= 0.6 is 0 Å². The minimum Gasteiger partial charge on any atom is -0.332 e. The molecule has 1 aliphatic heterocycles. The molecule has 0 spiro atoms. The second-order valence-corrected chi connectivity index (χ2v) is 7.70. The van der Waals surface area contributed by atoms with Gasteiger partial charge in [0.05, 0.1) is 18.8 Å². The quantitative estimate of drug-likeness (QED) is 0.707. The number of aromatic nitrogens is 5. The van der Waals surface area contributed by atoms with Crippen LogP contribution < -0.4 is 5.69 Å². The zero-order valence-electron chi connectivity index (χ0n) is 15.4. The first-order valence-corrected chi connectivity index (χ1v) is 9.70. The molecule has 2 unspecified atom stereocenters. The number of nitrogens with one attached hydrogen (secondary N) is 2. The van der Waals surface area contributed by atoms with E-state index < -0.39 is 0 Å². The molecule has 1 saturated carbocycles. The zero-order valence-corrected chi connectivity index (χ0v) is 15.4. The Morgan fingerprint density at radius 2 is 2.00 bits per heavy atom. The number of rotatable bonds is 5. The Labute approximate surface area is 161 Å². The number of imidazole rings is 1. The van der Waals surface area contributed by atoms with Gasteiger partial charge in [0.15, 0.2) is 5.82 Å². The van der Waals surface area contributed by atoms with E-state index in [4.69, 9.17) is 0 Å². The maximum Gasteiger partial charge on any atom is 0.340 e. The van der Waals surface area contributed by atoms with E-state index in [2.05, 4.69) is 20.2 Å². The van der Waals surface area contributed by atoms with E-state index >= 15 is 0 Å². The van der Waals surface area contributed by atoms with Gasteiger partial charge in [-0.1, -0.05) is 12.1 Å². The van der Waals surface area contributed by atoms with Crippen molar-refractivity contribution in [2.75, 3.05) is 6.54 Å². The van der Waals surface area contributed by atoms with Crippen molar-refractivity contribution in [1.82, 2.24) is 29.6 Å². The number of hydrogen-bond acceptors (Lipinski definition) is 4. The van der Waals surface area contributed by atoms with Gasteiger partial charge in [0.2, 0.25) is 5.91 Å². The lowest BCUT2D eigenvalue weighted by atomic mass is 9.94. The van der Waals surface area contributed by atoms with E-state index in [0.717, 1.165) is 17.7 Å². The first-order chi connectivity index (χ1) is 13.7. The predicted octanol–water partition coefficient (Wildman–Crippen LogP) is 1.83. The molecule has 0 bridgehead atoms. The lowest BCUT2D eigenvalue weighted by molar-refractivity contribution is -0.132. The Morgan fingerprint density at radius 1 is 1.18 bits per heavy atom. The van der Waals surface area contributed by atoms with Gasteiger partial charge in [0.25, 0.3) is 0 Å². The number of carbonyl (C=O) groups is 1. The molecule has 3 aromatic rings. The summed E-state index contributed by atoms with van der Waals surface area (Å²) < 4.78 is 1.93. The summed E-state index contributed by atoms with van der Waals surface area (Å²) >= 11 is 0. The van der Waals surface area contributed by atoms with Gasteiger partial charge in [-0.05, 0) is 48.8 Å². The number of H-pyrrole nitrogens is 2. The van der Waals surface area contributed by atoms with Gasteiger partial charge >= 0.3 is 5.69 Å². The van der Waals surface area contributed by atoms with Gasteiger partial charge in [-0.15, -0.1) is 0 Å². The number of nitrogens with zero attached hydrogens (tertiary/aromatic N) is 4. The van der Waals surface area contributed by atoms with Crippen LogP contribution in [0.1, 0.15) is 36.7 Å². The summed E-state index contributed by atoms with van der Waals surface area (Å²) in [5.41, 5.74) is 1.66. The zero-order chi connectivity index (χ0) is 19.1. The molecule has 144 valence electrons. The lowest BCUT2D eigenvalue weighted by Gasteiger charge is -2.26. The molecular formula is C20H22N6O2. The van der Waals surface area contributed by atoms with E-state index in [-0.39, 0.29) is 17.6 Å². The monoisotopic (exact) mass is 378 g/mol. The molecule has 1 aromatic carbocycles. The highest BCUT2D eigenvalue weighted by Gasteiger charge is 2.46. The van der Waals surface area contributed by atoms with Crippen molar-refractivity contribution in [3.05, 3.63) is 64.9 Å². The van der Waals surface area contributed by atoms with Gasteiger partial charge in [-0.2, -0.15) is 5.10 Å². The fourth-order valence-corrected chi connectivity index (χ4v) is 4.36. The second kappa shape index (κ2) is 6.78. The van der Waals surface area contributed by atoms with Crippen LogP contribution in [0, 0.1) is 11.8 Å². The maximum absolute atomic E-state index is 13.1. The minimum absolute atomic E-state index is 0.0763. The summed E-state index contributed by atoms with van der Waals surface area (Å²) in [5.74, 6) is 1.68. The Kier molecular flexibility index (Phi) is 4.11. The normalized spacial score (nSPS) is 21.9. The van der Waals surface area contributed by atoms with Crippen molar-refractivity contribution in [3.63, 3.8) is 0 Å². The van der Waals surface area contributed by atoms with Crippen molar-refractivity contribution in [2.45, 2.75) is 31.7 Å². The molecule has 8 heteroatoms. The molecule has 8 nitrogen and oxygen atoms in total. The molecule has 28 heavy (non-hydrogen) atoms. The Balaban J connectivity index is 1.34. The van der Waals surface area contributed by atoms with E-state index in [0.29, 0.717) is 30.6 Å². The highest BCUT2D eigenvalue weighted by atomic mass is 16.2. The van der Waals surface area contributed by atoms with E-state index in [1.54, 1.807) is 12.5 Å². The third-order valence-corrected chi connectivity index (χ3v) is 5.89. The van der Waals surface area contributed by atoms with E-state index in [9.17, 15) is 9.59 Å². The third kappa shape index (κ3) is 3.15. The molecule has 2 aromatic heterocycles. The fourth-order valence-electron chi connectivity index (χ4n) is 4.36. The Bertz CT molecular complexity index is 1020. The summed E-state index contributed by atoms with van der Waals surface area (Å²) in [4.78, 5) is 33.4. The van der Waals surface area contributed by atoms with E-state index in [1.807, 2.05) is 39.9 Å². The highest BCUT2D eigenvalue weighted by molar-refractivity contribution is 5.79. The second-order valence-electron chi connectivity index (χ2n) is 7.70. The van der Waals surface area contributed by atoms with Crippen molar-refractivity contribution < 1.29 is 4.79 Å². The number of amides is 1. The molecule has 1 aliphatic carbocycles. The molecule has 1 amide bonds. The highest BCUT2D eigenvalue weighted by Crippen LogP contribution is 2.49. The van der Waals surface area contributed by atoms with Crippen LogP contribution in [-0.2, 0) is 11.2 Å². The molecule has 2 fully saturated rings. The van der Waals surface area contributed by atoms with Gasteiger partial charge < -0.3 is 9.47 Å². The molecule has 5 rings (SSSR count). The average Bonchev–Trinajstić information content (AvgIpc) is 3.11. The van der Waals surface area contributed by atoms with Crippen molar-refractivity contribution in [1.29, 1.82) is 0 Å². The summed E-state index contributed by atoms with van der Waals surface area (Å²) in [6.45, 7) is 0.715. The molecule has 2 aliphatic rings. The molecular weight excluding hydrogens is 356 g/mol. The van der Waals surface area contributed by atoms with Crippen molar-refractivity contribution >= 4 is 5.91 Å². The topological polar surface area (TPSA) is 99.7 Å². The Hall–Kier alpha value is -3.16. The summed E-state index contributed by atoms with van der Waals surface area (Å²) in [5, 5.41) is 6.59. The summed E-state index contributed by atoms with van der Waals surface area (Å²) in [6.07, 6.45) is 9.08. The molecule has 1 saturated heterocycles. The minimum atomic E-state index is -0.320. The molecule has 0 radical (unpaired) electrons. The number of aromatic amines is 2. The van der Waals surface area contributed by atoms with Crippen LogP contribution in [0.4, 0.5) is 0 Å². The largest absolute Gasteiger partial charge is 0.340 e. The molecule has 2 N–H and O–H groups in total. The van der Waals surface area contributed by atoms with Crippen LogP contribution in [0.5, 0.6) is 0 Å². The van der Waals surface area contributed by atoms with Gasteiger partial charge in [-0.3, -0.25) is 9.78 Å². The Morgan fingerprint density at radius 3 is 2.64 bits per heavy atom. The smallest absolute Gasteiger partial charge is 0.332 e. The van der Waals surface area contributed by atoms with Crippen LogP contribution in [0.2, 0.25) is 0 Å². The molecule has 3 heterocycles. The molecule has 2 atom stereocenters. The first kappa shape index (κ1) is 17.0.